The van der Waals surface area contributed by atoms with Crippen molar-refractivity contribution in [1.82, 2.24) is 10.3 Å². The number of nitrogens with one attached hydrogen (secondary N) is 2. The fraction of sp³-hybridized carbons (Fsp3) is 0.357. The highest BCUT2D eigenvalue weighted by atomic mass is 32.1. The molecule has 0 radical (unpaired) electrons. The summed E-state index contributed by atoms with van der Waals surface area (Å²) in [5, 5.41) is 10.1. The van der Waals surface area contributed by atoms with Gasteiger partial charge in [0.15, 0.2) is 0 Å². The lowest BCUT2D eigenvalue weighted by atomic mass is 10.2. The van der Waals surface area contributed by atoms with Gasteiger partial charge in [-0.3, -0.25) is 0 Å². The van der Waals surface area contributed by atoms with Gasteiger partial charge in [-0.15, -0.1) is 11.3 Å². The average Bonchev–Trinajstić information content (AvgIpc) is 2.93. The molecule has 0 fully saturated rings. The minimum atomic E-state index is 0.488. The van der Waals surface area contributed by atoms with Gasteiger partial charge in [-0.1, -0.05) is 25.1 Å². The normalized spacial score (nSPS) is 12.3. The predicted octanol–water partition coefficient (Wildman–Crippen LogP) is 2.95. The van der Waals surface area contributed by atoms with Crippen molar-refractivity contribution in [3.05, 3.63) is 46.9 Å². The number of rotatable bonds is 7. The number of anilines is 1. The van der Waals surface area contributed by atoms with Gasteiger partial charge in [0.25, 0.3) is 0 Å². The van der Waals surface area contributed by atoms with Crippen molar-refractivity contribution < 1.29 is 0 Å². The van der Waals surface area contributed by atoms with E-state index in [0.29, 0.717) is 5.92 Å². The SMILES string of the molecule is CC(CNCCNc1ccccc1)c1nccs1. The summed E-state index contributed by atoms with van der Waals surface area (Å²) in [7, 11) is 0. The number of para-hydroxylation sites is 1. The van der Waals surface area contributed by atoms with E-state index in [4.69, 9.17) is 0 Å². The van der Waals surface area contributed by atoms with E-state index in [9.17, 15) is 0 Å². The number of benzene rings is 1. The molecule has 0 amide bonds. The number of hydrogen-bond acceptors (Lipinski definition) is 4. The third-order valence-corrected chi connectivity index (χ3v) is 3.74. The lowest BCUT2D eigenvalue weighted by molar-refractivity contribution is 0.623. The van der Waals surface area contributed by atoms with Gasteiger partial charge < -0.3 is 10.6 Å². The fourth-order valence-corrected chi connectivity index (χ4v) is 2.43. The Morgan fingerprint density at radius 3 is 2.78 bits per heavy atom. The van der Waals surface area contributed by atoms with Crippen LogP contribution in [0.5, 0.6) is 0 Å². The summed E-state index contributed by atoms with van der Waals surface area (Å²) in [6.07, 6.45) is 1.87. The van der Waals surface area contributed by atoms with Crippen LogP contribution in [0.3, 0.4) is 0 Å². The first kappa shape index (κ1) is 13.1. The van der Waals surface area contributed by atoms with Crippen LogP contribution in [0.1, 0.15) is 17.8 Å². The maximum absolute atomic E-state index is 4.33. The number of hydrogen-bond donors (Lipinski definition) is 2. The molecule has 4 heteroatoms. The van der Waals surface area contributed by atoms with Crippen molar-refractivity contribution in [3.63, 3.8) is 0 Å². The molecule has 0 aliphatic carbocycles. The first-order chi connectivity index (χ1) is 8.86. The van der Waals surface area contributed by atoms with Crippen LogP contribution in [0, 0.1) is 0 Å². The van der Waals surface area contributed by atoms with Crippen LogP contribution in [0.2, 0.25) is 0 Å². The highest BCUT2D eigenvalue weighted by molar-refractivity contribution is 7.09. The zero-order chi connectivity index (χ0) is 12.6. The molecule has 0 saturated carbocycles. The van der Waals surface area contributed by atoms with E-state index in [2.05, 4.69) is 34.7 Å². The highest BCUT2D eigenvalue weighted by Gasteiger charge is 2.06. The topological polar surface area (TPSA) is 37.0 Å². The van der Waals surface area contributed by atoms with Gasteiger partial charge in [-0.05, 0) is 12.1 Å². The standard InChI is InChI=1S/C14H19N3S/c1-12(14-17-9-10-18-14)11-15-7-8-16-13-5-3-2-4-6-13/h2-6,9-10,12,15-16H,7-8,11H2,1H3. The Morgan fingerprint density at radius 1 is 1.22 bits per heavy atom. The van der Waals surface area contributed by atoms with E-state index in [-0.39, 0.29) is 0 Å². The number of aromatic nitrogens is 1. The van der Waals surface area contributed by atoms with E-state index >= 15 is 0 Å². The first-order valence-electron chi connectivity index (χ1n) is 6.25. The van der Waals surface area contributed by atoms with E-state index in [0.717, 1.165) is 19.6 Å². The molecule has 0 aliphatic heterocycles. The molecule has 1 heterocycles. The van der Waals surface area contributed by atoms with Gasteiger partial charge in [0, 0.05) is 42.8 Å². The zero-order valence-electron chi connectivity index (χ0n) is 10.6. The van der Waals surface area contributed by atoms with Gasteiger partial charge in [-0.2, -0.15) is 0 Å². The molecular formula is C14H19N3S. The summed E-state index contributed by atoms with van der Waals surface area (Å²) in [5.74, 6) is 0.488. The molecule has 0 saturated heterocycles. The minimum Gasteiger partial charge on any atom is -0.384 e. The fourth-order valence-electron chi connectivity index (χ4n) is 1.73. The Bertz CT molecular complexity index is 428. The molecule has 1 aromatic heterocycles. The molecule has 3 nitrogen and oxygen atoms in total. The first-order valence-corrected chi connectivity index (χ1v) is 7.13. The average molecular weight is 261 g/mol. The van der Waals surface area contributed by atoms with Gasteiger partial charge >= 0.3 is 0 Å². The van der Waals surface area contributed by atoms with Crippen LogP contribution in [0.15, 0.2) is 41.9 Å². The zero-order valence-corrected chi connectivity index (χ0v) is 11.4. The Labute approximate surface area is 112 Å². The molecule has 96 valence electrons. The molecule has 0 spiro atoms. The van der Waals surface area contributed by atoms with Crippen molar-refractivity contribution >= 4 is 17.0 Å². The maximum Gasteiger partial charge on any atom is 0.0965 e. The van der Waals surface area contributed by atoms with Crippen LogP contribution >= 0.6 is 11.3 Å². The van der Waals surface area contributed by atoms with Gasteiger partial charge in [0.2, 0.25) is 0 Å². The van der Waals surface area contributed by atoms with E-state index in [1.807, 2.05) is 29.8 Å². The molecule has 2 aromatic rings. The van der Waals surface area contributed by atoms with Crippen molar-refractivity contribution in [3.8, 4) is 0 Å². The summed E-state index contributed by atoms with van der Waals surface area (Å²) in [6.45, 7) is 5.08. The van der Waals surface area contributed by atoms with Crippen LogP contribution in [0.25, 0.3) is 0 Å². The Hall–Kier alpha value is -1.39. The number of nitrogens with zero attached hydrogens (tertiary/aromatic N) is 1. The Balaban J connectivity index is 1.59. The van der Waals surface area contributed by atoms with Crippen molar-refractivity contribution in [2.75, 3.05) is 25.0 Å². The Morgan fingerprint density at radius 2 is 2.06 bits per heavy atom. The Kier molecular flexibility index (Phi) is 5.17. The molecule has 1 aromatic carbocycles. The second kappa shape index (κ2) is 7.13. The molecule has 2 N–H and O–H groups in total. The molecular weight excluding hydrogens is 242 g/mol. The van der Waals surface area contributed by atoms with E-state index in [1.54, 1.807) is 11.3 Å². The summed E-state index contributed by atoms with van der Waals surface area (Å²) < 4.78 is 0. The molecule has 1 unspecified atom stereocenters. The third kappa shape index (κ3) is 4.13. The van der Waals surface area contributed by atoms with Crippen molar-refractivity contribution in [2.24, 2.45) is 0 Å². The maximum atomic E-state index is 4.33. The van der Waals surface area contributed by atoms with E-state index < -0.39 is 0 Å². The third-order valence-electron chi connectivity index (χ3n) is 2.73. The molecule has 0 bridgehead atoms. The predicted molar refractivity (Wildman–Crippen MR) is 78.3 cm³/mol. The number of thiazole rings is 1. The lowest BCUT2D eigenvalue weighted by Gasteiger charge is -2.11. The lowest BCUT2D eigenvalue weighted by Crippen LogP contribution is -2.26. The van der Waals surface area contributed by atoms with Gasteiger partial charge in [-0.25, -0.2) is 4.98 Å². The smallest absolute Gasteiger partial charge is 0.0965 e. The van der Waals surface area contributed by atoms with Crippen molar-refractivity contribution in [2.45, 2.75) is 12.8 Å². The second-order valence-electron chi connectivity index (χ2n) is 4.27. The summed E-state index contributed by atoms with van der Waals surface area (Å²) in [4.78, 5) is 4.33. The van der Waals surface area contributed by atoms with Crippen LogP contribution < -0.4 is 10.6 Å². The molecule has 18 heavy (non-hydrogen) atoms. The van der Waals surface area contributed by atoms with Gasteiger partial charge in [0.1, 0.15) is 0 Å². The summed E-state index contributed by atoms with van der Waals surface area (Å²) in [5.41, 5.74) is 1.17. The molecule has 1 atom stereocenters. The van der Waals surface area contributed by atoms with Crippen LogP contribution in [0.4, 0.5) is 5.69 Å². The minimum absolute atomic E-state index is 0.488. The van der Waals surface area contributed by atoms with E-state index in [1.165, 1.54) is 10.7 Å². The molecule has 2 rings (SSSR count). The van der Waals surface area contributed by atoms with Crippen LogP contribution in [-0.2, 0) is 0 Å². The monoisotopic (exact) mass is 261 g/mol. The largest absolute Gasteiger partial charge is 0.384 e. The summed E-state index contributed by atoms with van der Waals surface area (Å²) in [6, 6.07) is 10.3. The quantitative estimate of drug-likeness (QED) is 0.752. The van der Waals surface area contributed by atoms with Crippen molar-refractivity contribution in [1.29, 1.82) is 0 Å². The van der Waals surface area contributed by atoms with Crippen LogP contribution in [-0.4, -0.2) is 24.6 Å². The molecule has 0 aliphatic rings. The second-order valence-corrected chi connectivity index (χ2v) is 5.19. The summed E-state index contributed by atoms with van der Waals surface area (Å²) >= 11 is 1.72. The highest BCUT2D eigenvalue weighted by Crippen LogP contribution is 2.16. The van der Waals surface area contributed by atoms with Gasteiger partial charge in [0.05, 0.1) is 5.01 Å².